The van der Waals surface area contributed by atoms with Crippen LogP contribution in [0.5, 0.6) is 0 Å². The lowest BCUT2D eigenvalue weighted by molar-refractivity contribution is 0.377. The molecule has 1 aliphatic heterocycles. The third-order valence-corrected chi connectivity index (χ3v) is 4.68. The molecule has 1 aliphatic rings. The van der Waals surface area contributed by atoms with Crippen molar-refractivity contribution in [2.24, 2.45) is 5.92 Å². The van der Waals surface area contributed by atoms with Crippen LogP contribution in [0.25, 0.3) is 10.2 Å². The molecule has 0 aromatic carbocycles. The van der Waals surface area contributed by atoms with Crippen molar-refractivity contribution >= 4 is 27.4 Å². The fraction of sp³-hybridized carbons (Fsp3) is 0.571. The van der Waals surface area contributed by atoms with Crippen molar-refractivity contribution in [2.45, 2.75) is 19.8 Å². The highest BCUT2D eigenvalue weighted by molar-refractivity contribution is 7.17. The Kier molecular flexibility index (Phi) is 3.94. The van der Waals surface area contributed by atoms with Crippen LogP contribution in [0.15, 0.2) is 17.8 Å². The van der Waals surface area contributed by atoms with Gasteiger partial charge >= 0.3 is 0 Å². The molecule has 0 aliphatic carbocycles. The molecule has 1 saturated heterocycles. The second kappa shape index (κ2) is 5.84. The Morgan fingerprint density at radius 1 is 1.47 bits per heavy atom. The zero-order chi connectivity index (χ0) is 13.1. The lowest BCUT2D eigenvalue weighted by atomic mass is 9.99. The van der Waals surface area contributed by atoms with E-state index >= 15 is 0 Å². The van der Waals surface area contributed by atoms with Crippen molar-refractivity contribution < 1.29 is 0 Å². The lowest BCUT2D eigenvalue weighted by Gasteiger charge is -2.30. The highest BCUT2D eigenvalue weighted by Gasteiger charge is 2.19. The van der Waals surface area contributed by atoms with Gasteiger partial charge in [0.1, 0.15) is 12.1 Å². The van der Waals surface area contributed by atoms with Gasteiger partial charge in [-0.1, -0.05) is 0 Å². The van der Waals surface area contributed by atoms with Crippen molar-refractivity contribution in [3.05, 3.63) is 17.8 Å². The molecule has 2 aromatic rings. The van der Waals surface area contributed by atoms with Crippen LogP contribution in [0.1, 0.15) is 19.8 Å². The van der Waals surface area contributed by atoms with Crippen LogP contribution in [-0.2, 0) is 0 Å². The first kappa shape index (κ1) is 12.8. The van der Waals surface area contributed by atoms with E-state index in [1.165, 1.54) is 24.1 Å². The Hall–Kier alpha value is -1.20. The summed E-state index contributed by atoms with van der Waals surface area (Å²) in [6, 6.07) is 2.07. The van der Waals surface area contributed by atoms with E-state index in [2.05, 4.69) is 38.6 Å². The number of nitrogens with one attached hydrogen (secondary N) is 1. The van der Waals surface area contributed by atoms with Gasteiger partial charge in [0.05, 0.1) is 10.2 Å². The van der Waals surface area contributed by atoms with Crippen molar-refractivity contribution in [1.29, 1.82) is 0 Å². The van der Waals surface area contributed by atoms with Gasteiger partial charge in [0.15, 0.2) is 0 Å². The normalized spacial score (nSPS) is 19.7. The summed E-state index contributed by atoms with van der Waals surface area (Å²) in [5.41, 5.74) is 1.07. The van der Waals surface area contributed by atoms with E-state index in [0.29, 0.717) is 0 Å². The first-order valence-corrected chi connectivity index (χ1v) is 7.90. The summed E-state index contributed by atoms with van der Waals surface area (Å²) < 4.78 is 1.22. The minimum Gasteiger partial charge on any atom is -0.355 e. The Morgan fingerprint density at radius 3 is 3.21 bits per heavy atom. The van der Waals surface area contributed by atoms with Gasteiger partial charge in [0, 0.05) is 13.1 Å². The van der Waals surface area contributed by atoms with Crippen LogP contribution in [0, 0.1) is 5.92 Å². The molecule has 5 heteroatoms. The average Bonchev–Trinajstić information content (AvgIpc) is 2.94. The van der Waals surface area contributed by atoms with E-state index < -0.39 is 0 Å². The average molecular weight is 276 g/mol. The van der Waals surface area contributed by atoms with Crippen molar-refractivity contribution in [1.82, 2.24) is 15.3 Å². The summed E-state index contributed by atoms with van der Waals surface area (Å²) in [6.07, 6.45) is 4.30. The molecular formula is C14H20N4S. The highest BCUT2D eigenvalue weighted by Crippen LogP contribution is 2.28. The van der Waals surface area contributed by atoms with Crippen LogP contribution >= 0.6 is 11.3 Å². The fourth-order valence-corrected chi connectivity index (χ4v) is 3.62. The maximum Gasteiger partial charge on any atom is 0.150 e. The standard InChI is InChI=1S/C14H20N4S/c1-2-18(9-11-4-3-6-15-8-11)14-13-12(5-7-19-13)16-10-17-14/h5,7,10-11,15H,2-4,6,8-9H2,1H3. The molecule has 3 rings (SSSR count). The second-order valence-corrected chi connectivity index (χ2v) is 6.00. The summed E-state index contributed by atoms with van der Waals surface area (Å²) >= 11 is 1.74. The first-order chi connectivity index (χ1) is 9.38. The molecule has 0 spiro atoms. The number of thiophene rings is 1. The Balaban J connectivity index is 1.82. The quantitative estimate of drug-likeness (QED) is 0.931. The number of nitrogens with zero attached hydrogens (tertiary/aromatic N) is 3. The molecule has 102 valence electrons. The highest BCUT2D eigenvalue weighted by atomic mass is 32.1. The number of fused-ring (bicyclic) bond motifs is 1. The van der Waals surface area contributed by atoms with Gasteiger partial charge < -0.3 is 10.2 Å². The number of hydrogen-bond acceptors (Lipinski definition) is 5. The van der Waals surface area contributed by atoms with E-state index in [4.69, 9.17) is 0 Å². The molecule has 0 saturated carbocycles. The summed E-state index contributed by atoms with van der Waals surface area (Å²) in [5, 5.41) is 5.59. The van der Waals surface area contributed by atoms with E-state index in [9.17, 15) is 0 Å². The smallest absolute Gasteiger partial charge is 0.150 e. The summed E-state index contributed by atoms with van der Waals surface area (Å²) in [7, 11) is 0. The van der Waals surface area contributed by atoms with Crippen LogP contribution in [0.4, 0.5) is 5.82 Å². The molecule has 2 aromatic heterocycles. The van der Waals surface area contributed by atoms with Crippen LogP contribution in [-0.4, -0.2) is 36.1 Å². The molecule has 3 heterocycles. The third-order valence-electron chi connectivity index (χ3n) is 3.78. The van der Waals surface area contributed by atoms with E-state index in [-0.39, 0.29) is 0 Å². The molecule has 1 N–H and O–H groups in total. The van der Waals surface area contributed by atoms with Crippen molar-refractivity contribution in [3.8, 4) is 0 Å². The second-order valence-electron chi connectivity index (χ2n) is 5.08. The summed E-state index contributed by atoms with van der Waals surface area (Å²) in [4.78, 5) is 11.2. The van der Waals surface area contributed by atoms with Gasteiger partial charge in [-0.15, -0.1) is 11.3 Å². The van der Waals surface area contributed by atoms with Gasteiger partial charge in [-0.3, -0.25) is 0 Å². The van der Waals surface area contributed by atoms with Gasteiger partial charge in [0.2, 0.25) is 0 Å². The van der Waals surface area contributed by atoms with Crippen molar-refractivity contribution in [2.75, 3.05) is 31.1 Å². The van der Waals surface area contributed by atoms with Gasteiger partial charge in [0.25, 0.3) is 0 Å². The minimum atomic E-state index is 0.735. The summed E-state index contributed by atoms with van der Waals surface area (Å²) in [5.74, 6) is 1.84. The molecule has 1 unspecified atom stereocenters. The summed E-state index contributed by atoms with van der Waals surface area (Å²) in [6.45, 7) is 6.60. The molecular weight excluding hydrogens is 256 g/mol. The third kappa shape index (κ3) is 2.72. The predicted octanol–water partition coefficient (Wildman–Crippen LogP) is 2.52. The Morgan fingerprint density at radius 2 is 2.42 bits per heavy atom. The van der Waals surface area contributed by atoms with Crippen LogP contribution in [0.2, 0.25) is 0 Å². The first-order valence-electron chi connectivity index (χ1n) is 7.02. The molecule has 0 bridgehead atoms. The van der Waals surface area contributed by atoms with E-state index in [0.717, 1.165) is 36.9 Å². The zero-order valence-electron chi connectivity index (χ0n) is 11.3. The minimum absolute atomic E-state index is 0.735. The monoisotopic (exact) mass is 276 g/mol. The molecule has 19 heavy (non-hydrogen) atoms. The van der Waals surface area contributed by atoms with Gasteiger partial charge in [-0.25, -0.2) is 9.97 Å². The maximum absolute atomic E-state index is 4.52. The number of rotatable bonds is 4. The molecule has 4 nitrogen and oxygen atoms in total. The Bertz CT molecular complexity index is 533. The number of piperidine rings is 1. The largest absolute Gasteiger partial charge is 0.355 e. The molecule has 1 fully saturated rings. The van der Waals surface area contributed by atoms with Crippen molar-refractivity contribution in [3.63, 3.8) is 0 Å². The van der Waals surface area contributed by atoms with Crippen LogP contribution in [0.3, 0.4) is 0 Å². The Labute approximate surface area is 117 Å². The molecule has 0 amide bonds. The molecule has 1 atom stereocenters. The zero-order valence-corrected chi connectivity index (χ0v) is 12.1. The SMILES string of the molecule is CCN(CC1CCCNC1)c1ncnc2ccsc12. The topological polar surface area (TPSA) is 41.0 Å². The fourth-order valence-electron chi connectivity index (χ4n) is 2.76. The predicted molar refractivity (Wildman–Crippen MR) is 80.9 cm³/mol. The number of anilines is 1. The lowest BCUT2D eigenvalue weighted by Crippen LogP contribution is -2.38. The number of aromatic nitrogens is 2. The van der Waals surface area contributed by atoms with Gasteiger partial charge in [-0.2, -0.15) is 0 Å². The maximum atomic E-state index is 4.52. The van der Waals surface area contributed by atoms with E-state index in [1.54, 1.807) is 17.7 Å². The van der Waals surface area contributed by atoms with Gasteiger partial charge in [-0.05, 0) is 50.2 Å². The van der Waals surface area contributed by atoms with E-state index in [1.807, 2.05) is 0 Å². The molecule has 0 radical (unpaired) electrons. The number of hydrogen-bond donors (Lipinski definition) is 1. The van der Waals surface area contributed by atoms with Crippen LogP contribution < -0.4 is 10.2 Å².